The van der Waals surface area contributed by atoms with Crippen LogP contribution in [0.4, 0.5) is 0 Å². The minimum atomic E-state index is -0.519. The van der Waals surface area contributed by atoms with Crippen LogP contribution in [0.3, 0.4) is 0 Å². The molecule has 0 spiro atoms. The van der Waals surface area contributed by atoms with Crippen LogP contribution in [0.25, 0.3) is 10.9 Å². The highest BCUT2D eigenvalue weighted by Gasteiger charge is 2.22. The molecule has 0 atom stereocenters. The Hall–Kier alpha value is -1.81. The van der Waals surface area contributed by atoms with Crippen molar-refractivity contribution in [1.29, 1.82) is 0 Å². The van der Waals surface area contributed by atoms with E-state index in [9.17, 15) is 4.79 Å². The van der Waals surface area contributed by atoms with Gasteiger partial charge in [-0.3, -0.25) is 0 Å². The number of aromatic nitrogens is 1. The zero-order valence-corrected chi connectivity index (χ0v) is 11.5. The van der Waals surface area contributed by atoms with Crippen LogP contribution in [-0.4, -0.2) is 24.2 Å². The van der Waals surface area contributed by atoms with E-state index in [4.69, 9.17) is 21.1 Å². The summed E-state index contributed by atoms with van der Waals surface area (Å²) in [5.41, 5.74) is 0.869. The van der Waals surface area contributed by atoms with Gasteiger partial charge >= 0.3 is 5.97 Å². The van der Waals surface area contributed by atoms with E-state index in [0.717, 1.165) is 5.39 Å². The SMILES string of the molecule is CCOC(=O)c1c(Cl)nc2ccccc2c1OCC. The van der Waals surface area contributed by atoms with Crippen LogP contribution in [0.5, 0.6) is 5.75 Å². The van der Waals surface area contributed by atoms with Gasteiger partial charge < -0.3 is 9.47 Å². The smallest absolute Gasteiger partial charge is 0.345 e. The minimum absolute atomic E-state index is 0.0978. The van der Waals surface area contributed by atoms with Crippen molar-refractivity contribution < 1.29 is 14.3 Å². The molecule has 0 aliphatic carbocycles. The number of carbonyl (C=O) groups excluding carboxylic acids is 1. The lowest BCUT2D eigenvalue weighted by atomic mass is 10.1. The highest BCUT2D eigenvalue weighted by molar-refractivity contribution is 6.33. The molecule has 0 saturated heterocycles. The van der Waals surface area contributed by atoms with Crippen molar-refractivity contribution in [2.75, 3.05) is 13.2 Å². The van der Waals surface area contributed by atoms with Crippen molar-refractivity contribution in [2.24, 2.45) is 0 Å². The van der Waals surface area contributed by atoms with E-state index in [0.29, 0.717) is 17.9 Å². The third-order valence-corrected chi connectivity index (χ3v) is 2.84. The second-order valence-corrected chi connectivity index (χ2v) is 4.14. The topological polar surface area (TPSA) is 48.4 Å². The summed E-state index contributed by atoms with van der Waals surface area (Å²) in [4.78, 5) is 16.2. The van der Waals surface area contributed by atoms with Crippen LogP contribution in [0.1, 0.15) is 24.2 Å². The summed E-state index contributed by atoms with van der Waals surface area (Å²) in [5, 5.41) is 0.845. The number of pyridine rings is 1. The van der Waals surface area contributed by atoms with E-state index in [-0.39, 0.29) is 17.3 Å². The maximum atomic E-state index is 12.0. The molecule has 0 unspecified atom stereocenters. The van der Waals surface area contributed by atoms with Crippen molar-refractivity contribution >= 4 is 28.5 Å². The fraction of sp³-hybridized carbons (Fsp3) is 0.286. The second-order valence-electron chi connectivity index (χ2n) is 3.78. The summed E-state index contributed by atoms with van der Waals surface area (Å²) >= 11 is 6.08. The predicted octanol–water partition coefficient (Wildman–Crippen LogP) is 3.46. The molecule has 0 bridgehead atoms. The van der Waals surface area contributed by atoms with Gasteiger partial charge in [0.05, 0.1) is 18.7 Å². The standard InChI is InChI=1S/C14H14ClNO3/c1-3-18-12-9-7-5-6-8-10(9)16-13(15)11(12)14(17)19-4-2/h5-8H,3-4H2,1-2H3. The highest BCUT2D eigenvalue weighted by atomic mass is 35.5. The molecule has 1 aromatic carbocycles. The first-order valence-corrected chi connectivity index (χ1v) is 6.45. The maximum Gasteiger partial charge on any atom is 0.345 e. The van der Waals surface area contributed by atoms with Gasteiger partial charge in [-0.25, -0.2) is 9.78 Å². The van der Waals surface area contributed by atoms with Crippen LogP contribution < -0.4 is 4.74 Å². The van der Waals surface area contributed by atoms with Crippen molar-refractivity contribution in [3.8, 4) is 5.75 Å². The largest absolute Gasteiger partial charge is 0.492 e. The predicted molar refractivity (Wildman–Crippen MR) is 73.9 cm³/mol. The molecule has 0 saturated carbocycles. The lowest BCUT2D eigenvalue weighted by Gasteiger charge is -2.13. The van der Waals surface area contributed by atoms with Crippen molar-refractivity contribution in [1.82, 2.24) is 4.98 Å². The van der Waals surface area contributed by atoms with Gasteiger partial charge in [-0.05, 0) is 26.0 Å². The Kier molecular flexibility index (Phi) is 4.22. The first-order chi connectivity index (χ1) is 9.19. The Bertz CT molecular complexity index is 613. The Morgan fingerprint density at radius 2 is 2.00 bits per heavy atom. The van der Waals surface area contributed by atoms with Crippen molar-refractivity contribution in [3.05, 3.63) is 35.0 Å². The third-order valence-electron chi connectivity index (χ3n) is 2.57. The molecular weight excluding hydrogens is 266 g/mol. The number of carbonyl (C=O) groups is 1. The lowest BCUT2D eigenvalue weighted by Crippen LogP contribution is -2.10. The normalized spacial score (nSPS) is 10.5. The number of nitrogens with zero attached hydrogens (tertiary/aromatic N) is 1. The van der Waals surface area contributed by atoms with E-state index >= 15 is 0 Å². The van der Waals surface area contributed by atoms with Gasteiger partial charge in [-0.2, -0.15) is 0 Å². The monoisotopic (exact) mass is 279 g/mol. The quantitative estimate of drug-likeness (QED) is 0.635. The zero-order chi connectivity index (χ0) is 13.8. The van der Waals surface area contributed by atoms with Crippen LogP contribution in [0.2, 0.25) is 5.15 Å². The summed E-state index contributed by atoms with van der Waals surface area (Å²) in [7, 11) is 0. The van der Waals surface area contributed by atoms with Crippen molar-refractivity contribution in [2.45, 2.75) is 13.8 Å². The molecule has 0 fully saturated rings. The average molecular weight is 280 g/mol. The van der Waals surface area contributed by atoms with Gasteiger partial charge in [-0.1, -0.05) is 23.7 Å². The van der Waals surface area contributed by atoms with Gasteiger partial charge in [-0.15, -0.1) is 0 Å². The molecule has 2 aromatic rings. The van der Waals surface area contributed by atoms with Gasteiger partial charge in [0, 0.05) is 5.39 Å². The Labute approximate surface area is 116 Å². The number of esters is 1. The van der Waals surface area contributed by atoms with Crippen LogP contribution in [-0.2, 0) is 4.74 Å². The van der Waals surface area contributed by atoms with Crippen molar-refractivity contribution in [3.63, 3.8) is 0 Å². The van der Waals surface area contributed by atoms with E-state index in [1.165, 1.54) is 0 Å². The average Bonchev–Trinajstić information content (AvgIpc) is 2.39. The molecule has 1 heterocycles. The number of fused-ring (bicyclic) bond motifs is 1. The van der Waals surface area contributed by atoms with Crippen LogP contribution in [0, 0.1) is 0 Å². The van der Waals surface area contributed by atoms with E-state index in [1.54, 1.807) is 6.92 Å². The van der Waals surface area contributed by atoms with E-state index < -0.39 is 5.97 Å². The first-order valence-electron chi connectivity index (χ1n) is 6.07. The van der Waals surface area contributed by atoms with Crippen LogP contribution >= 0.6 is 11.6 Å². The summed E-state index contributed by atoms with van der Waals surface area (Å²) in [6.45, 7) is 4.28. The van der Waals surface area contributed by atoms with Gasteiger partial charge in [0.2, 0.25) is 0 Å². The highest BCUT2D eigenvalue weighted by Crippen LogP contribution is 2.33. The molecule has 2 rings (SSSR count). The molecule has 4 nitrogen and oxygen atoms in total. The Balaban J connectivity index is 2.69. The number of ether oxygens (including phenoxy) is 2. The summed E-state index contributed by atoms with van der Waals surface area (Å²) in [6, 6.07) is 7.37. The fourth-order valence-corrected chi connectivity index (χ4v) is 2.08. The molecule has 19 heavy (non-hydrogen) atoms. The first kappa shape index (κ1) is 13.6. The zero-order valence-electron chi connectivity index (χ0n) is 10.8. The van der Waals surface area contributed by atoms with E-state index in [1.807, 2.05) is 31.2 Å². The summed E-state index contributed by atoms with van der Waals surface area (Å²) in [5.74, 6) is -0.0919. The molecule has 100 valence electrons. The number of rotatable bonds is 4. The molecule has 0 aliphatic heterocycles. The molecule has 0 radical (unpaired) electrons. The molecular formula is C14H14ClNO3. The van der Waals surface area contributed by atoms with Gasteiger partial charge in [0.1, 0.15) is 16.5 Å². The molecule has 0 aliphatic rings. The second kappa shape index (κ2) is 5.89. The molecule has 5 heteroatoms. The van der Waals surface area contributed by atoms with E-state index in [2.05, 4.69) is 4.98 Å². The Morgan fingerprint density at radius 1 is 1.26 bits per heavy atom. The Morgan fingerprint density at radius 3 is 2.68 bits per heavy atom. The van der Waals surface area contributed by atoms with Crippen LogP contribution in [0.15, 0.2) is 24.3 Å². The molecule has 0 amide bonds. The number of para-hydroxylation sites is 1. The number of benzene rings is 1. The lowest BCUT2D eigenvalue weighted by molar-refractivity contribution is 0.0522. The third kappa shape index (κ3) is 2.63. The fourth-order valence-electron chi connectivity index (χ4n) is 1.83. The molecule has 1 aromatic heterocycles. The molecule has 0 N–H and O–H groups in total. The summed E-state index contributed by atoms with van der Waals surface area (Å²) in [6.07, 6.45) is 0. The number of halogens is 1. The van der Waals surface area contributed by atoms with Gasteiger partial charge in [0.15, 0.2) is 0 Å². The number of hydrogen-bond donors (Lipinski definition) is 0. The minimum Gasteiger partial charge on any atom is -0.492 e. The number of hydrogen-bond acceptors (Lipinski definition) is 4. The van der Waals surface area contributed by atoms with Gasteiger partial charge in [0.25, 0.3) is 0 Å². The maximum absolute atomic E-state index is 12.0. The summed E-state index contributed by atoms with van der Waals surface area (Å²) < 4.78 is 10.6.